The number of anilines is 1. The van der Waals surface area contributed by atoms with Crippen LogP contribution in [-0.4, -0.2) is 68.6 Å². The van der Waals surface area contributed by atoms with E-state index in [9.17, 15) is 14.0 Å². The van der Waals surface area contributed by atoms with Crippen LogP contribution in [0, 0.1) is 5.82 Å². The van der Waals surface area contributed by atoms with Crippen molar-refractivity contribution < 1.29 is 23.5 Å². The van der Waals surface area contributed by atoms with Gasteiger partial charge in [0.1, 0.15) is 17.3 Å². The number of ether oxygens (including phenoxy) is 2. The molecule has 0 aromatic heterocycles. The molecule has 3 rings (SSSR count). The summed E-state index contributed by atoms with van der Waals surface area (Å²) in [6, 6.07) is 11.1. The number of halogens is 1. The van der Waals surface area contributed by atoms with E-state index in [4.69, 9.17) is 9.47 Å². The number of methoxy groups -OCH3 is 2. The molecule has 0 bridgehead atoms. The summed E-state index contributed by atoms with van der Waals surface area (Å²) in [5.74, 6) is 0.117. The highest BCUT2D eigenvalue weighted by Gasteiger charge is 2.25. The molecule has 7 nitrogen and oxygen atoms in total. The van der Waals surface area contributed by atoms with Gasteiger partial charge in [0.25, 0.3) is 5.91 Å². The first-order valence-electron chi connectivity index (χ1n) is 9.30. The quantitative estimate of drug-likeness (QED) is 0.804. The lowest BCUT2D eigenvalue weighted by atomic mass is 10.1. The van der Waals surface area contributed by atoms with Crippen molar-refractivity contribution in [3.05, 3.63) is 53.8 Å². The molecule has 0 saturated carbocycles. The molecule has 0 radical (unpaired) electrons. The zero-order valence-electron chi connectivity index (χ0n) is 16.5. The van der Waals surface area contributed by atoms with Gasteiger partial charge in [0.15, 0.2) is 0 Å². The summed E-state index contributed by atoms with van der Waals surface area (Å²) in [4.78, 5) is 28.5. The third-order valence-electron chi connectivity index (χ3n) is 4.81. The number of benzene rings is 2. The molecule has 2 amide bonds. The third kappa shape index (κ3) is 5.03. The third-order valence-corrected chi connectivity index (χ3v) is 4.81. The van der Waals surface area contributed by atoms with Crippen LogP contribution >= 0.6 is 0 Å². The van der Waals surface area contributed by atoms with Crippen molar-refractivity contribution in [3.63, 3.8) is 0 Å². The van der Waals surface area contributed by atoms with Gasteiger partial charge in [-0.3, -0.25) is 14.5 Å². The summed E-state index contributed by atoms with van der Waals surface area (Å²) in [5, 5.41) is 2.84. The minimum Gasteiger partial charge on any atom is -0.497 e. The Morgan fingerprint density at radius 1 is 1.03 bits per heavy atom. The second kappa shape index (κ2) is 9.38. The minimum atomic E-state index is -0.522. The maximum Gasteiger partial charge on any atom is 0.256 e. The van der Waals surface area contributed by atoms with Gasteiger partial charge >= 0.3 is 0 Å². The minimum absolute atomic E-state index is 0.0730. The lowest BCUT2D eigenvalue weighted by Gasteiger charge is -2.34. The molecular formula is C21H24FN3O4. The Bertz CT molecular complexity index is 882. The number of nitrogens with zero attached hydrogens (tertiary/aromatic N) is 2. The highest BCUT2D eigenvalue weighted by molar-refractivity contribution is 5.95. The number of carbonyl (C=O) groups is 2. The highest BCUT2D eigenvalue weighted by atomic mass is 19.1. The molecule has 1 N–H and O–H groups in total. The van der Waals surface area contributed by atoms with Crippen molar-refractivity contribution in [2.75, 3.05) is 52.3 Å². The predicted octanol–water partition coefficient (Wildman–Crippen LogP) is 2.24. The van der Waals surface area contributed by atoms with E-state index >= 15 is 0 Å². The van der Waals surface area contributed by atoms with Crippen LogP contribution in [0.1, 0.15) is 10.4 Å². The molecule has 29 heavy (non-hydrogen) atoms. The number of piperazine rings is 1. The van der Waals surface area contributed by atoms with Crippen LogP contribution in [0.15, 0.2) is 42.5 Å². The fraction of sp³-hybridized carbons (Fsp3) is 0.333. The van der Waals surface area contributed by atoms with Crippen molar-refractivity contribution in [2.24, 2.45) is 0 Å². The van der Waals surface area contributed by atoms with Gasteiger partial charge in [-0.1, -0.05) is 12.1 Å². The second-order valence-corrected chi connectivity index (χ2v) is 6.66. The van der Waals surface area contributed by atoms with Gasteiger partial charge in [-0.2, -0.15) is 0 Å². The summed E-state index contributed by atoms with van der Waals surface area (Å²) < 4.78 is 24.3. The number of hydrogen-bond donors (Lipinski definition) is 1. The van der Waals surface area contributed by atoms with Gasteiger partial charge in [0.2, 0.25) is 5.91 Å². The lowest BCUT2D eigenvalue weighted by molar-refractivity contribution is -0.117. The van der Waals surface area contributed by atoms with Crippen LogP contribution in [0.2, 0.25) is 0 Å². The summed E-state index contributed by atoms with van der Waals surface area (Å²) in [7, 11) is 3.08. The van der Waals surface area contributed by atoms with Crippen LogP contribution in [0.3, 0.4) is 0 Å². The first kappa shape index (κ1) is 20.6. The van der Waals surface area contributed by atoms with Crippen LogP contribution in [0.5, 0.6) is 11.5 Å². The molecule has 1 saturated heterocycles. The van der Waals surface area contributed by atoms with Crippen molar-refractivity contribution in [2.45, 2.75) is 0 Å². The van der Waals surface area contributed by atoms with Crippen LogP contribution < -0.4 is 14.8 Å². The Morgan fingerprint density at radius 3 is 2.41 bits per heavy atom. The largest absolute Gasteiger partial charge is 0.497 e. The molecule has 2 aromatic rings. The molecule has 8 heteroatoms. The molecule has 154 valence electrons. The summed E-state index contributed by atoms with van der Waals surface area (Å²) in [6.45, 7) is 2.11. The van der Waals surface area contributed by atoms with Gasteiger partial charge in [-0.05, 0) is 24.3 Å². The Hall–Kier alpha value is -3.13. The summed E-state index contributed by atoms with van der Waals surface area (Å²) >= 11 is 0. The van der Waals surface area contributed by atoms with E-state index < -0.39 is 5.82 Å². The fourth-order valence-corrected chi connectivity index (χ4v) is 3.22. The number of nitrogens with one attached hydrogen (secondary N) is 1. The van der Waals surface area contributed by atoms with E-state index in [2.05, 4.69) is 5.32 Å². The monoisotopic (exact) mass is 401 g/mol. The zero-order chi connectivity index (χ0) is 20.8. The Labute approximate surface area is 169 Å². The van der Waals surface area contributed by atoms with Crippen LogP contribution in [0.25, 0.3) is 0 Å². The van der Waals surface area contributed by atoms with Crippen molar-refractivity contribution >= 4 is 17.5 Å². The van der Waals surface area contributed by atoms with Crippen molar-refractivity contribution in [3.8, 4) is 11.5 Å². The van der Waals surface area contributed by atoms with E-state index in [1.54, 1.807) is 42.3 Å². The highest BCUT2D eigenvalue weighted by Crippen LogP contribution is 2.28. The zero-order valence-corrected chi connectivity index (χ0v) is 16.5. The van der Waals surface area contributed by atoms with E-state index in [0.717, 1.165) is 0 Å². The molecule has 0 spiro atoms. The Kier molecular flexibility index (Phi) is 6.66. The summed E-state index contributed by atoms with van der Waals surface area (Å²) in [6.07, 6.45) is 0. The fourth-order valence-electron chi connectivity index (χ4n) is 3.22. The second-order valence-electron chi connectivity index (χ2n) is 6.66. The SMILES string of the molecule is COc1ccc(OC)c(NC(=O)CN2CCN(C(=O)c3ccccc3F)CC2)c1. The molecule has 2 aromatic carbocycles. The molecule has 0 aliphatic carbocycles. The lowest BCUT2D eigenvalue weighted by Crippen LogP contribution is -2.50. The molecule has 1 aliphatic heterocycles. The molecule has 1 aliphatic rings. The predicted molar refractivity (Wildman–Crippen MR) is 107 cm³/mol. The first-order valence-corrected chi connectivity index (χ1v) is 9.30. The number of amides is 2. The van der Waals surface area contributed by atoms with E-state index in [1.165, 1.54) is 19.2 Å². The van der Waals surface area contributed by atoms with Gasteiger partial charge in [-0.25, -0.2) is 4.39 Å². The maximum absolute atomic E-state index is 13.8. The summed E-state index contributed by atoms with van der Waals surface area (Å²) in [5.41, 5.74) is 0.606. The van der Waals surface area contributed by atoms with Gasteiger partial charge in [-0.15, -0.1) is 0 Å². The number of hydrogen-bond acceptors (Lipinski definition) is 5. The van der Waals surface area contributed by atoms with Crippen molar-refractivity contribution in [1.82, 2.24) is 9.80 Å². The first-order chi connectivity index (χ1) is 14.0. The average Bonchev–Trinajstić information content (AvgIpc) is 2.74. The van der Waals surface area contributed by atoms with Crippen LogP contribution in [-0.2, 0) is 4.79 Å². The van der Waals surface area contributed by atoms with Gasteiger partial charge < -0.3 is 19.7 Å². The average molecular weight is 401 g/mol. The topological polar surface area (TPSA) is 71.1 Å². The van der Waals surface area contributed by atoms with E-state index in [1.807, 2.05) is 4.90 Å². The Balaban J connectivity index is 1.54. The molecule has 0 atom stereocenters. The smallest absolute Gasteiger partial charge is 0.256 e. The van der Waals surface area contributed by atoms with E-state index in [0.29, 0.717) is 43.4 Å². The maximum atomic E-state index is 13.8. The van der Waals surface area contributed by atoms with Crippen molar-refractivity contribution in [1.29, 1.82) is 0 Å². The molecule has 1 fully saturated rings. The Morgan fingerprint density at radius 2 is 1.76 bits per heavy atom. The molecule has 1 heterocycles. The molecular weight excluding hydrogens is 377 g/mol. The standard InChI is InChI=1S/C21H24FN3O4/c1-28-15-7-8-19(29-2)18(13-15)23-20(26)14-24-9-11-25(12-10-24)21(27)16-5-3-4-6-17(16)22/h3-8,13H,9-12,14H2,1-2H3,(H,23,26). The van der Waals surface area contributed by atoms with Gasteiger partial charge in [0, 0.05) is 32.2 Å². The van der Waals surface area contributed by atoms with Gasteiger partial charge in [0.05, 0.1) is 32.0 Å². The molecule has 0 unspecified atom stereocenters. The van der Waals surface area contributed by atoms with E-state index in [-0.39, 0.29) is 23.9 Å². The number of rotatable bonds is 6. The number of carbonyl (C=O) groups excluding carboxylic acids is 2. The van der Waals surface area contributed by atoms with Crippen LogP contribution in [0.4, 0.5) is 10.1 Å². The normalized spacial score (nSPS) is 14.4.